The Hall–Kier alpha value is -2.91. The predicted molar refractivity (Wildman–Crippen MR) is 96.9 cm³/mol. The van der Waals surface area contributed by atoms with Gasteiger partial charge in [-0.25, -0.2) is 9.59 Å². The van der Waals surface area contributed by atoms with Gasteiger partial charge in [-0.3, -0.25) is 10.1 Å². The Labute approximate surface area is 161 Å². The molecule has 2 bridgehead atoms. The van der Waals surface area contributed by atoms with E-state index in [0.29, 0.717) is 23.4 Å². The van der Waals surface area contributed by atoms with Crippen molar-refractivity contribution < 1.29 is 33.8 Å². The number of hydrogen-bond donors (Lipinski definition) is 2. The van der Waals surface area contributed by atoms with E-state index in [9.17, 15) is 19.5 Å². The Kier molecular flexibility index (Phi) is 5.39. The van der Waals surface area contributed by atoms with Crippen molar-refractivity contribution in [2.45, 2.75) is 51.7 Å². The quantitative estimate of drug-likeness (QED) is 0.564. The first-order valence-electron chi connectivity index (χ1n) is 8.90. The van der Waals surface area contributed by atoms with Crippen LogP contribution in [0.1, 0.15) is 32.8 Å². The van der Waals surface area contributed by atoms with Gasteiger partial charge in [0.15, 0.2) is 12.3 Å². The smallest absolute Gasteiger partial charge is 0.356 e. The van der Waals surface area contributed by atoms with Crippen molar-refractivity contribution in [1.29, 1.82) is 0 Å². The second-order valence-corrected chi connectivity index (χ2v) is 7.01. The number of aliphatic hydroxyl groups is 1. The number of anilines is 1. The van der Waals surface area contributed by atoms with E-state index in [1.54, 1.807) is 32.0 Å². The number of carbonyl (C=O) groups is 3. The van der Waals surface area contributed by atoms with Crippen LogP contribution in [0.3, 0.4) is 0 Å². The van der Waals surface area contributed by atoms with Gasteiger partial charge in [0, 0.05) is 18.6 Å². The fourth-order valence-electron chi connectivity index (χ4n) is 2.93. The molecular weight excluding hydrogens is 368 g/mol. The fraction of sp³-hybridized carbons (Fsp3) is 0.421. The summed E-state index contributed by atoms with van der Waals surface area (Å²) >= 11 is 0. The van der Waals surface area contributed by atoms with Gasteiger partial charge in [0.05, 0.1) is 5.69 Å². The molecular formula is C19H22N2O7. The highest BCUT2D eigenvalue weighted by molar-refractivity contribution is 6.03. The molecule has 1 aromatic carbocycles. The number of hydroxylamine groups is 1. The van der Waals surface area contributed by atoms with Crippen LogP contribution in [-0.4, -0.2) is 41.0 Å². The van der Waals surface area contributed by atoms with Crippen molar-refractivity contribution in [3.8, 4) is 5.75 Å². The first kappa shape index (κ1) is 19.8. The monoisotopic (exact) mass is 390 g/mol. The molecule has 9 nitrogen and oxygen atoms in total. The molecule has 0 spiro atoms. The van der Waals surface area contributed by atoms with Crippen LogP contribution in [0.15, 0.2) is 30.4 Å². The highest BCUT2D eigenvalue weighted by Crippen LogP contribution is 2.33. The minimum Gasteiger partial charge on any atom is -0.475 e. The Bertz CT molecular complexity index is 828. The van der Waals surface area contributed by atoms with Crippen molar-refractivity contribution in [3.05, 3.63) is 35.9 Å². The molecule has 28 heavy (non-hydrogen) atoms. The van der Waals surface area contributed by atoms with Crippen LogP contribution in [0.5, 0.6) is 5.75 Å². The molecule has 0 fully saturated rings. The Morgan fingerprint density at radius 1 is 1.29 bits per heavy atom. The first-order chi connectivity index (χ1) is 13.2. The van der Waals surface area contributed by atoms with Gasteiger partial charge in [0.25, 0.3) is 0 Å². The van der Waals surface area contributed by atoms with Crippen LogP contribution >= 0.6 is 0 Å². The number of fused-ring (bicyclic) bond motifs is 4. The van der Waals surface area contributed by atoms with Crippen LogP contribution in [0.4, 0.5) is 5.69 Å². The van der Waals surface area contributed by atoms with Crippen LogP contribution in [0.2, 0.25) is 0 Å². The van der Waals surface area contributed by atoms with E-state index < -0.39 is 35.9 Å². The van der Waals surface area contributed by atoms with Gasteiger partial charge in [0.2, 0.25) is 0 Å². The molecule has 1 amide bonds. The number of rotatable bonds is 5. The minimum atomic E-state index is -1.12. The minimum absolute atomic E-state index is 0.120. The Morgan fingerprint density at radius 2 is 2.00 bits per heavy atom. The molecule has 2 N–H and O–H groups in total. The zero-order chi connectivity index (χ0) is 20.5. The van der Waals surface area contributed by atoms with Crippen molar-refractivity contribution >= 4 is 23.5 Å². The second kappa shape index (κ2) is 7.61. The van der Waals surface area contributed by atoms with Gasteiger partial charge in [-0.05, 0) is 44.0 Å². The number of amides is 1. The van der Waals surface area contributed by atoms with E-state index in [1.165, 1.54) is 0 Å². The lowest BCUT2D eigenvalue weighted by atomic mass is 10.00. The molecule has 150 valence electrons. The third-order valence-electron chi connectivity index (χ3n) is 4.11. The summed E-state index contributed by atoms with van der Waals surface area (Å²) < 4.78 is 11.0. The van der Waals surface area contributed by atoms with E-state index in [1.807, 2.05) is 6.92 Å². The van der Waals surface area contributed by atoms with Crippen LogP contribution < -0.4 is 15.1 Å². The third-order valence-corrected chi connectivity index (χ3v) is 4.11. The molecule has 9 heteroatoms. The maximum Gasteiger partial charge on any atom is 0.356 e. The van der Waals surface area contributed by atoms with E-state index >= 15 is 0 Å². The summed E-state index contributed by atoms with van der Waals surface area (Å²) in [6, 6.07) is 4.90. The number of ether oxygens (including phenoxy) is 2. The van der Waals surface area contributed by atoms with E-state index in [4.69, 9.17) is 14.3 Å². The molecule has 0 radical (unpaired) electrons. The van der Waals surface area contributed by atoms with Crippen LogP contribution in [-0.2, 0) is 30.4 Å². The number of carbonyl (C=O) groups excluding carboxylic acids is 3. The standard InChI is InChI=1S/C19H22N2O7/c1-4-15(20-19(2,3)25)26-12-5-6-13-11(9-12)10-14-18(24)21(13)28-17(23)8-7-16(22)27-14/h5-9,14-15,20,25H,4,10H2,1-3H3/b8-7+. The SMILES string of the molecule is CCC(NC(C)(C)O)Oc1ccc2c(c1)CC1OC(=O)/C=C/C(=O)ON2C1=O. The summed E-state index contributed by atoms with van der Waals surface area (Å²) in [5.74, 6) is -1.81. The van der Waals surface area contributed by atoms with Gasteiger partial charge in [-0.1, -0.05) is 6.92 Å². The zero-order valence-electron chi connectivity index (χ0n) is 15.8. The molecule has 0 saturated heterocycles. The van der Waals surface area contributed by atoms with Crippen molar-refractivity contribution in [2.24, 2.45) is 0 Å². The van der Waals surface area contributed by atoms with Gasteiger partial charge in [0.1, 0.15) is 11.5 Å². The fourth-order valence-corrected chi connectivity index (χ4v) is 2.93. The lowest BCUT2D eigenvalue weighted by molar-refractivity contribution is -0.156. The maximum absolute atomic E-state index is 12.5. The van der Waals surface area contributed by atoms with E-state index in [0.717, 1.165) is 17.2 Å². The lowest BCUT2D eigenvalue weighted by Crippen LogP contribution is -2.48. The van der Waals surface area contributed by atoms with E-state index in [-0.39, 0.29) is 6.42 Å². The highest BCUT2D eigenvalue weighted by atomic mass is 16.7. The number of nitrogens with one attached hydrogen (secondary N) is 1. The third kappa shape index (κ3) is 4.49. The van der Waals surface area contributed by atoms with Crippen molar-refractivity contribution in [2.75, 3.05) is 5.06 Å². The van der Waals surface area contributed by atoms with E-state index in [2.05, 4.69) is 5.32 Å². The van der Waals surface area contributed by atoms with Gasteiger partial charge in [-0.15, -0.1) is 5.06 Å². The summed E-state index contributed by atoms with van der Waals surface area (Å²) in [7, 11) is 0. The molecule has 2 atom stereocenters. The van der Waals surface area contributed by atoms with Crippen molar-refractivity contribution in [3.63, 3.8) is 0 Å². The number of esters is 1. The summed E-state index contributed by atoms with van der Waals surface area (Å²) in [4.78, 5) is 41.1. The molecule has 2 aliphatic heterocycles. The highest BCUT2D eigenvalue weighted by Gasteiger charge is 2.38. The average molecular weight is 390 g/mol. The Balaban J connectivity index is 1.89. The number of hydrogen-bond acceptors (Lipinski definition) is 8. The Morgan fingerprint density at radius 3 is 2.68 bits per heavy atom. The number of nitrogens with zero attached hydrogens (tertiary/aromatic N) is 1. The average Bonchev–Trinajstić information content (AvgIpc) is 2.64. The van der Waals surface area contributed by atoms with Gasteiger partial charge < -0.3 is 19.4 Å². The summed E-state index contributed by atoms with van der Waals surface area (Å²) in [5.41, 5.74) is -0.132. The van der Waals surface area contributed by atoms with Gasteiger partial charge >= 0.3 is 17.8 Å². The van der Waals surface area contributed by atoms with Crippen LogP contribution in [0, 0.1) is 0 Å². The van der Waals surface area contributed by atoms with Gasteiger partial charge in [-0.2, -0.15) is 0 Å². The summed E-state index contributed by atoms with van der Waals surface area (Å²) in [5, 5.41) is 13.7. The summed E-state index contributed by atoms with van der Waals surface area (Å²) in [6.07, 6.45) is 0.982. The lowest BCUT2D eigenvalue weighted by Gasteiger charge is -2.32. The normalized spacial score (nSPS) is 21.5. The molecule has 2 aliphatic rings. The molecule has 0 saturated carbocycles. The van der Waals surface area contributed by atoms with Crippen LogP contribution in [0.25, 0.3) is 0 Å². The predicted octanol–water partition coefficient (Wildman–Crippen LogP) is 0.948. The molecule has 0 aromatic heterocycles. The maximum atomic E-state index is 12.5. The molecule has 2 heterocycles. The number of benzene rings is 1. The zero-order valence-corrected chi connectivity index (χ0v) is 15.8. The first-order valence-corrected chi connectivity index (χ1v) is 8.90. The van der Waals surface area contributed by atoms with Crippen molar-refractivity contribution in [1.82, 2.24) is 5.32 Å². The molecule has 1 aromatic rings. The molecule has 3 rings (SSSR count). The second-order valence-electron chi connectivity index (χ2n) is 7.01. The summed E-state index contributed by atoms with van der Waals surface area (Å²) in [6.45, 7) is 5.12. The molecule has 2 unspecified atom stereocenters. The largest absolute Gasteiger partial charge is 0.475 e. The topological polar surface area (TPSA) is 114 Å². The molecule has 0 aliphatic carbocycles.